The van der Waals surface area contributed by atoms with E-state index in [0.717, 1.165) is 29.6 Å². The molecule has 1 unspecified atom stereocenters. The number of carboxylic acids is 1. The minimum Gasteiger partial charge on any atom is -0.480 e. The maximum absolute atomic E-state index is 12.8. The third-order valence-corrected chi connectivity index (χ3v) is 5.62. The van der Waals surface area contributed by atoms with Crippen LogP contribution >= 0.6 is 0 Å². The Balaban J connectivity index is 2.59. The van der Waals surface area contributed by atoms with Crippen molar-refractivity contribution < 1.29 is 32.8 Å². The van der Waals surface area contributed by atoms with Gasteiger partial charge in [0.05, 0.1) is 22.5 Å². The van der Waals surface area contributed by atoms with Crippen LogP contribution in [0.15, 0.2) is 23.1 Å². The number of rotatable bonds is 5. The van der Waals surface area contributed by atoms with Gasteiger partial charge in [-0.15, -0.1) is 0 Å². The molecular formula is C13H14N2O8S. The van der Waals surface area contributed by atoms with Crippen LogP contribution in [-0.4, -0.2) is 54.4 Å². The zero-order valence-electron chi connectivity index (χ0n) is 12.5. The van der Waals surface area contributed by atoms with E-state index in [4.69, 9.17) is 5.11 Å². The van der Waals surface area contributed by atoms with Crippen molar-refractivity contribution in [2.24, 2.45) is 0 Å². The van der Waals surface area contributed by atoms with Crippen LogP contribution in [0.25, 0.3) is 0 Å². The number of hydrogen-bond donors (Lipinski definition) is 1. The van der Waals surface area contributed by atoms with E-state index in [2.05, 4.69) is 4.74 Å². The SMILES string of the molecule is COC(=O)c1cc([N+](=O)[O-])ccc1S(=O)(=O)N1CCCC1C(=O)O. The third-order valence-electron chi connectivity index (χ3n) is 3.65. The molecule has 130 valence electrons. The summed E-state index contributed by atoms with van der Waals surface area (Å²) in [5, 5.41) is 20.0. The van der Waals surface area contributed by atoms with Gasteiger partial charge >= 0.3 is 11.9 Å². The molecular weight excluding hydrogens is 344 g/mol. The molecule has 0 saturated carbocycles. The molecule has 1 saturated heterocycles. The number of nitro groups is 1. The molecule has 2 rings (SSSR count). The molecule has 0 aliphatic carbocycles. The summed E-state index contributed by atoms with van der Waals surface area (Å²) in [5.74, 6) is -2.36. The molecule has 1 N–H and O–H groups in total. The van der Waals surface area contributed by atoms with Gasteiger partial charge in [-0.25, -0.2) is 13.2 Å². The molecule has 0 aromatic heterocycles. The van der Waals surface area contributed by atoms with Gasteiger partial charge in [-0.3, -0.25) is 14.9 Å². The van der Waals surface area contributed by atoms with Crippen LogP contribution in [0, 0.1) is 10.1 Å². The normalized spacial score (nSPS) is 18.3. The molecule has 0 amide bonds. The fourth-order valence-electron chi connectivity index (χ4n) is 2.53. The molecule has 24 heavy (non-hydrogen) atoms. The molecule has 1 fully saturated rings. The first kappa shape index (κ1) is 17.8. The van der Waals surface area contributed by atoms with Crippen molar-refractivity contribution in [3.8, 4) is 0 Å². The highest BCUT2D eigenvalue weighted by Gasteiger charge is 2.41. The number of non-ortho nitro benzene ring substituents is 1. The third kappa shape index (κ3) is 3.08. The zero-order valence-corrected chi connectivity index (χ0v) is 13.4. The van der Waals surface area contributed by atoms with Crippen LogP contribution in [-0.2, 0) is 19.6 Å². The van der Waals surface area contributed by atoms with Crippen molar-refractivity contribution >= 4 is 27.6 Å². The Kier molecular flexibility index (Phi) is 4.85. The summed E-state index contributed by atoms with van der Waals surface area (Å²) in [6.07, 6.45) is 0.506. The van der Waals surface area contributed by atoms with Gasteiger partial charge in [0.2, 0.25) is 10.0 Å². The number of esters is 1. The second-order valence-electron chi connectivity index (χ2n) is 5.04. The summed E-state index contributed by atoms with van der Waals surface area (Å²) < 4.78 is 30.8. The number of methoxy groups -OCH3 is 1. The van der Waals surface area contributed by atoms with E-state index in [9.17, 15) is 28.1 Å². The topological polar surface area (TPSA) is 144 Å². The average Bonchev–Trinajstić information content (AvgIpc) is 3.04. The summed E-state index contributed by atoms with van der Waals surface area (Å²) in [4.78, 5) is 32.6. The lowest BCUT2D eigenvalue weighted by Gasteiger charge is -2.22. The quantitative estimate of drug-likeness (QED) is 0.458. The van der Waals surface area contributed by atoms with E-state index in [1.165, 1.54) is 0 Å². The van der Waals surface area contributed by atoms with Gasteiger partial charge in [0.25, 0.3) is 5.69 Å². The van der Waals surface area contributed by atoms with E-state index in [0.29, 0.717) is 6.42 Å². The van der Waals surface area contributed by atoms with Crippen LogP contribution in [0.2, 0.25) is 0 Å². The number of nitro benzene ring substituents is 1. The lowest BCUT2D eigenvalue weighted by atomic mass is 10.2. The first-order chi connectivity index (χ1) is 11.2. The van der Waals surface area contributed by atoms with Crippen LogP contribution in [0.4, 0.5) is 5.69 Å². The number of nitrogens with zero attached hydrogens (tertiary/aromatic N) is 2. The monoisotopic (exact) mass is 358 g/mol. The Hall–Kier alpha value is -2.53. The van der Waals surface area contributed by atoms with Gasteiger partial charge in [-0.2, -0.15) is 4.31 Å². The van der Waals surface area contributed by atoms with E-state index < -0.39 is 49.1 Å². The number of aliphatic carboxylic acids is 1. The Morgan fingerprint density at radius 2 is 2.08 bits per heavy atom. The van der Waals surface area contributed by atoms with Gasteiger partial charge in [0, 0.05) is 18.7 Å². The standard InChI is InChI=1S/C13H14N2O8S/c1-23-13(18)9-7-8(15(19)20)4-5-11(9)24(21,22)14-6-2-3-10(14)12(16)17/h4-5,7,10H,2-3,6H2,1H3,(H,16,17). The lowest BCUT2D eigenvalue weighted by Crippen LogP contribution is -2.40. The Labute approximate surface area is 136 Å². The number of carbonyl (C=O) groups is 2. The Morgan fingerprint density at radius 3 is 2.62 bits per heavy atom. The predicted octanol–water partition coefficient (Wildman–Crippen LogP) is 0.619. The first-order valence-electron chi connectivity index (χ1n) is 6.81. The van der Waals surface area contributed by atoms with Crippen LogP contribution in [0.1, 0.15) is 23.2 Å². The van der Waals surface area contributed by atoms with Crippen molar-refractivity contribution in [3.05, 3.63) is 33.9 Å². The second kappa shape index (κ2) is 6.53. The summed E-state index contributed by atoms with van der Waals surface area (Å²) in [6.45, 7) is -0.0170. The molecule has 1 aromatic carbocycles. The summed E-state index contributed by atoms with van der Waals surface area (Å²) in [6, 6.07) is 1.41. The number of carboxylic acid groups (broad SMARTS) is 1. The Morgan fingerprint density at radius 1 is 1.42 bits per heavy atom. The predicted molar refractivity (Wildman–Crippen MR) is 79.0 cm³/mol. The zero-order chi connectivity index (χ0) is 18.1. The summed E-state index contributed by atoms with van der Waals surface area (Å²) >= 11 is 0. The van der Waals surface area contributed by atoms with Crippen LogP contribution in [0.5, 0.6) is 0 Å². The molecule has 1 aliphatic heterocycles. The van der Waals surface area contributed by atoms with Gasteiger partial charge in [-0.1, -0.05) is 0 Å². The summed E-state index contributed by atoms with van der Waals surface area (Å²) in [7, 11) is -3.32. The highest BCUT2D eigenvalue weighted by Crippen LogP contribution is 2.30. The number of carbonyl (C=O) groups excluding carboxylic acids is 1. The fourth-order valence-corrected chi connectivity index (χ4v) is 4.34. The molecule has 1 atom stereocenters. The number of hydrogen-bond acceptors (Lipinski definition) is 7. The summed E-state index contributed by atoms with van der Waals surface area (Å²) in [5.41, 5.74) is -0.992. The van der Waals surface area contributed by atoms with Crippen LogP contribution < -0.4 is 0 Å². The highest BCUT2D eigenvalue weighted by molar-refractivity contribution is 7.89. The molecule has 10 nitrogen and oxygen atoms in total. The molecule has 11 heteroatoms. The average molecular weight is 358 g/mol. The molecule has 0 spiro atoms. The van der Waals surface area contributed by atoms with Crippen LogP contribution in [0.3, 0.4) is 0 Å². The van der Waals surface area contributed by atoms with E-state index in [1.54, 1.807) is 0 Å². The molecule has 1 aromatic rings. The Bertz CT molecular complexity index is 804. The maximum atomic E-state index is 12.8. The van der Waals surface area contributed by atoms with Gasteiger partial charge in [0.15, 0.2) is 0 Å². The van der Waals surface area contributed by atoms with E-state index in [-0.39, 0.29) is 13.0 Å². The van der Waals surface area contributed by atoms with Crippen molar-refractivity contribution in [2.75, 3.05) is 13.7 Å². The van der Waals surface area contributed by atoms with Crippen molar-refractivity contribution in [1.29, 1.82) is 0 Å². The van der Waals surface area contributed by atoms with Crippen molar-refractivity contribution in [1.82, 2.24) is 4.31 Å². The smallest absolute Gasteiger partial charge is 0.339 e. The maximum Gasteiger partial charge on any atom is 0.339 e. The minimum absolute atomic E-state index is 0.0170. The largest absolute Gasteiger partial charge is 0.480 e. The number of benzene rings is 1. The van der Waals surface area contributed by atoms with Gasteiger partial charge < -0.3 is 9.84 Å². The van der Waals surface area contributed by atoms with Gasteiger partial charge in [0.1, 0.15) is 6.04 Å². The second-order valence-corrected chi connectivity index (χ2v) is 6.90. The van der Waals surface area contributed by atoms with Crippen molar-refractivity contribution in [2.45, 2.75) is 23.8 Å². The number of ether oxygens (including phenoxy) is 1. The van der Waals surface area contributed by atoms with E-state index >= 15 is 0 Å². The molecule has 1 aliphatic rings. The highest BCUT2D eigenvalue weighted by atomic mass is 32.2. The fraction of sp³-hybridized carbons (Fsp3) is 0.385. The van der Waals surface area contributed by atoms with Gasteiger partial charge in [-0.05, 0) is 18.9 Å². The molecule has 1 heterocycles. The number of sulfonamides is 1. The molecule has 0 bridgehead atoms. The molecule has 0 radical (unpaired) electrons. The lowest BCUT2D eigenvalue weighted by molar-refractivity contribution is -0.384. The minimum atomic E-state index is -4.33. The first-order valence-corrected chi connectivity index (χ1v) is 8.25. The van der Waals surface area contributed by atoms with E-state index in [1.807, 2.05) is 0 Å². The van der Waals surface area contributed by atoms with Crippen molar-refractivity contribution in [3.63, 3.8) is 0 Å².